The molecule has 6 heteroatoms. The van der Waals surface area contributed by atoms with Gasteiger partial charge in [0.15, 0.2) is 0 Å². The second-order valence-corrected chi connectivity index (χ2v) is 7.58. The van der Waals surface area contributed by atoms with Crippen molar-refractivity contribution in [1.29, 1.82) is 0 Å². The first kappa shape index (κ1) is 22.0. The zero-order valence-corrected chi connectivity index (χ0v) is 18.6. The largest absolute Gasteiger partial charge is 0.497 e. The number of nitrogens with one attached hydrogen (secondary N) is 2. The van der Waals surface area contributed by atoms with Crippen LogP contribution in [0.15, 0.2) is 78.9 Å². The number of hydrogen-bond donors (Lipinski definition) is 2. The number of ether oxygens (including phenoxy) is 1. The molecule has 3 aromatic carbocycles. The van der Waals surface area contributed by atoms with E-state index in [4.69, 9.17) is 9.72 Å². The Hall–Kier alpha value is -4.19. The summed E-state index contributed by atoms with van der Waals surface area (Å²) in [6.07, 6.45) is 0.420. The van der Waals surface area contributed by atoms with Crippen LogP contribution >= 0.6 is 0 Å². The Balaban J connectivity index is 1.61. The minimum absolute atomic E-state index is 0.0394. The van der Waals surface area contributed by atoms with Gasteiger partial charge in [0.05, 0.1) is 23.9 Å². The lowest BCUT2D eigenvalue weighted by atomic mass is 10.0. The van der Waals surface area contributed by atoms with Crippen LogP contribution < -0.4 is 15.4 Å². The molecule has 0 saturated heterocycles. The standard InChI is InChI=1S/C27H25N3O3/c1-3-26(31)29-20-12-10-19(11-13-20)25-16-23(22-6-4-5-7-24(22)30-25)27(32)28-17-18-8-14-21(33-2)15-9-18/h4-16H,3,17H2,1-2H3,(H,28,32)(H,29,31). The van der Waals surface area contributed by atoms with Crippen LogP contribution in [0.25, 0.3) is 22.2 Å². The molecule has 0 fully saturated rings. The summed E-state index contributed by atoms with van der Waals surface area (Å²) in [5.74, 6) is 0.565. The lowest BCUT2D eigenvalue weighted by Gasteiger charge is -2.11. The second-order valence-electron chi connectivity index (χ2n) is 7.58. The van der Waals surface area contributed by atoms with E-state index >= 15 is 0 Å². The van der Waals surface area contributed by atoms with Gasteiger partial charge >= 0.3 is 0 Å². The lowest BCUT2D eigenvalue weighted by molar-refractivity contribution is -0.115. The highest BCUT2D eigenvalue weighted by Crippen LogP contribution is 2.26. The number of nitrogens with zero attached hydrogens (tertiary/aromatic N) is 1. The summed E-state index contributed by atoms with van der Waals surface area (Å²) < 4.78 is 5.18. The quantitative estimate of drug-likeness (QED) is 0.415. The molecule has 1 heterocycles. The minimum atomic E-state index is -0.169. The van der Waals surface area contributed by atoms with E-state index in [0.29, 0.717) is 24.2 Å². The summed E-state index contributed by atoms with van der Waals surface area (Å²) in [6, 6.07) is 24.5. The number of methoxy groups -OCH3 is 1. The predicted octanol–water partition coefficient (Wildman–Crippen LogP) is 5.19. The van der Waals surface area contributed by atoms with Crippen LogP contribution in [0.4, 0.5) is 5.69 Å². The van der Waals surface area contributed by atoms with Crippen LogP contribution in [-0.2, 0) is 11.3 Å². The third-order valence-electron chi connectivity index (χ3n) is 5.36. The SMILES string of the molecule is CCC(=O)Nc1ccc(-c2cc(C(=O)NCc3ccc(OC)cc3)c3ccccc3n2)cc1. The third kappa shape index (κ3) is 5.18. The molecule has 6 nitrogen and oxygen atoms in total. The van der Waals surface area contributed by atoms with E-state index in [-0.39, 0.29) is 11.8 Å². The number of benzene rings is 3. The van der Waals surface area contributed by atoms with Gasteiger partial charge in [-0.2, -0.15) is 0 Å². The van der Waals surface area contributed by atoms with Crippen molar-refractivity contribution in [2.45, 2.75) is 19.9 Å². The zero-order valence-electron chi connectivity index (χ0n) is 18.6. The van der Waals surface area contributed by atoms with Crippen molar-refractivity contribution in [3.8, 4) is 17.0 Å². The molecule has 2 N–H and O–H groups in total. The maximum atomic E-state index is 13.1. The molecule has 2 amide bonds. The highest BCUT2D eigenvalue weighted by molar-refractivity contribution is 6.07. The molecule has 0 spiro atoms. The van der Waals surface area contributed by atoms with E-state index in [1.54, 1.807) is 7.11 Å². The van der Waals surface area contributed by atoms with Gasteiger partial charge in [-0.1, -0.05) is 49.4 Å². The molecule has 0 aliphatic heterocycles. The highest BCUT2D eigenvalue weighted by atomic mass is 16.5. The topological polar surface area (TPSA) is 80.3 Å². The first-order valence-electron chi connectivity index (χ1n) is 10.8. The molecule has 166 valence electrons. The van der Waals surface area contributed by atoms with E-state index < -0.39 is 0 Å². The Kier molecular flexibility index (Phi) is 6.64. The summed E-state index contributed by atoms with van der Waals surface area (Å²) >= 11 is 0. The van der Waals surface area contributed by atoms with Gasteiger partial charge in [-0.05, 0) is 42.0 Å². The number of pyridine rings is 1. The van der Waals surface area contributed by atoms with Crippen molar-refractivity contribution < 1.29 is 14.3 Å². The first-order valence-corrected chi connectivity index (χ1v) is 10.8. The van der Waals surface area contributed by atoms with Crippen LogP contribution in [0.1, 0.15) is 29.3 Å². The average molecular weight is 440 g/mol. The Bertz CT molecular complexity index is 1280. The molecule has 0 saturated carbocycles. The Labute approximate surface area is 192 Å². The van der Waals surface area contributed by atoms with Crippen LogP contribution in [0, 0.1) is 0 Å². The maximum Gasteiger partial charge on any atom is 0.252 e. The maximum absolute atomic E-state index is 13.1. The van der Waals surface area contributed by atoms with Crippen molar-refractivity contribution in [2.75, 3.05) is 12.4 Å². The van der Waals surface area contributed by atoms with E-state index in [1.165, 1.54) is 0 Å². The van der Waals surface area contributed by atoms with Gasteiger partial charge in [0.1, 0.15) is 5.75 Å². The van der Waals surface area contributed by atoms with E-state index in [2.05, 4.69) is 10.6 Å². The Morgan fingerprint density at radius 1 is 0.939 bits per heavy atom. The molecule has 0 bridgehead atoms. The van der Waals surface area contributed by atoms with Gasteiger partial charge in [-0.3, -0.25) is 9.59 Å². The normalized spacial score (nSPS) is 10.6. The van der Waals surface area contributed by atoms with Crippen molar-refractivity contribution in [3.05, 3.63) is 90.0 Å². The molecule has 4 aromatic rings. The predicted molar refractivity (Wildman–Crippen MR) is 130 cm³/mol. The molecule has 1 aromatic heterocycles. The van der Waals surface area contributed by atoms with E-state index in [1.807, 2.05) is 85.8 Å². The summed E-state index contributed by atoms with van der Waals surface area (Å²) in [5.41, 5.74) is 4.56. The molecule has 0 atom stereocenters. The van der Waals surface area contributed by atoms with Gasteiger partial charge in [-0.25, -0.2) is 4.98 Å². The molecular weight excluding hydrogens is 414 g/mol. The van der Waals surface area contributed by atoms with Gasteiger partial charge in [0.25, 0.3) is 5.91 Å². The number of amides is 2. The number of rotatable bonds is 7. The van der Waals surface area contributed by atoms with Crippen LogP contribution in [0.3, 0.4) is 0 Å². The monoisotopic (exact) mass is 439 g/mol. The minimum Gasteiger partial charge on any atom is -0.497 e. The summed E-state index contributed by atoms with van der Waals surface area (Å²) in [6.45, 7) is 2.21. The van der Waals surface area contributed by atoms with Crippen molar-refractivity contribution in [3.63, 3.8) is 0 Å². The molecular formula is C27H25N3O3. The average Bonchev–Trinajstić information content (AvgIpc) is 2.87. The smallest absolute Gasteiger partial charge is 0.252 e. The van der Waals surface area contributed by atoms with Gasteiger partial charge in [0.2, 0.25) is 5.91 Å². The fourth-order valence-corrected chi connectivity index (χ4v) is 3.51. The number of hydrogen-bond acceptors (Lipinski definition) is 4. The summed E-state index contributed by atoms with van der Waals surface area (Å²) in [7, 11) is 1.62. The molecule has 0 unspecified atom stereocenters. The number of fused-ring (bicyclic) bond motifs is 1. The van der Waals surface area contributed by atoms with Crippen molar-refractivity contribution in [2.24, 2.45) is 0 Å². The highest BCUT2D eigenvalue weighted by Gasteiger charge is 2.14. The molecule has 0 aliphatic rings. The number of carbonyl (C=O) groups excluding carboxylic acids is 2. The van der Waals surface area contributed by atoms with Crippen molar-refractivity contribution >= 4 is 28.4 Å². The van der Waals surface area contributed by atoms with Crippen LogP contribution in [0.2, 0.25) is 0 Å². The number of anilines is 1. The summed E-state index contributed by atoms with van der Waals surface area (Å²) in [4.78, 5) is 29.5. The zero-order chi connectivity index (χ0) is 23.2. The number of aromatic nitrogens is 1. The van der Waals surface area contributed by atoms with E-state index in [9.17, 15) is 9.59 Å². The Morgan fingerprint density at radius 2 is 1.67 bits per heavy atom. The molecule has 0 radical (unpaired) electrons. The third-order valence-corrected chi connectivity index (χ3v) is 5.36. The summed E-state index contributed by atoms with van der Waals surface area (Å²) in [5, 5.41) is 6.64. The molecule has 0 aliphatic carbocycles. The van der Waals surface area contributed by atoms with E-state index in [0.717, 1.165) is 33.5 Å². The fraction of sp³-hybridized carbons (Fsp3) is 0.148. The second kappa shape index (κ2) is 9.96. The lowest BCUT2D eigenvalue weighted by Crippen LogP contribution is -2.23. The molecule has 4 rings (SSSR count). The van der Waals surface area contributed by atoms with Gasteiger partial charge in [0, 0.05) is 29.6 Å². The Morgan fingerprint density at radius 3 is 2.36 bits per heavy atom. The van der Waals surface area contributed by atoms with Gasteiger partial charge in [-0.15, -0.1) is 0 Å². The van der Waals surface area contributed by atoms with Crippen LogP contribution in [-0.4, -0.2) is 23.9 Å². The van der Waals surface area contributed by atoms with Crippen molar-refractivity contribution in [1.82, 2.24) is 10.3 Å². The molecule has 33 heavy (non-hydrogen) atoms. The van der Waals surface area contributed by atoms with Gasteiger partial charge < -0.3 is 15.4 Å². The van der Waals surface area contributed by atoms with Crippen LogP contribution in [0.5, 0.6) is 5.75 Å². The number of carbonyl (C=O) groups is 2. The fourth-order valence-electron chi connectivity index (χ4n) is 3.51. The first-order chi connectivity index (χ1) is 16.1. The number of para-hydroxylation sites is 1.